The van der Waals surface area contributed by atoms with Gasteiger partial charge in [-0.2, -0.15) is 4.31 Å². The molecule has 7 heteroatoms. The van der Waals surface area contributed by atoms with Gasteiger partial charge in [0.2, 0.25) is 10.0 Å². The Hall–Kier alpha value is -1.80. The number of aryl methyl sites for hydroxylation is 2. The highest BCUT2D eigenvalue weighted by Crippen LogP contribution is 2.41. The van der Waals surface area contributed by atoms with Crippen LogP contribution in [0.25, 0.3) is 0 Å². The first-order valence-electron chi connectivity index (χ1n) is 11.0. The zero-order chi connectivity index (χ0) is 21.5. The quantitative estimate of drug-likeness (QED) is 0.610. The summed E-state index contributed by atoms with van der Waals surface area (Å²) >= 11 is 0. The van der Waals surface area contributed by atoms with E-state index in [2.05, 4.69) is 0 Å². The van der Waals surface area contributed by atoms with Crippen molar-refractivity contribution < 1.29 is 22.3 Å². The first-order chi connectivity index (χ1) is 15.0. The molecule has 5 rings (SSSR count). The van der Waals surface area contributed by atoms with Gasteiger partial charge in [-0.15, -0.1) is 0 Å². The summed E-state index contributed by atoms with van der Waals surface area (Å²) in [5.41, 5.74) is 2.65. The number of sulfonamides is 1. The topological polar surface area (TPSA) is 55.8 Å². The van der Waals surface area contributed by atoms with Crippen molar-refractivity contribution in [1.82, 2.24) is 4.31 Å². The van der Waals surface area contributed by atoms with E-state index in [4.69, 9.17) is 9.47 Å². The van der Waals surface area contributed by atoms with Crippen LogP contribution >= 0.6 is 0 Å². The Kier molecular flexibility index (Phi) is 5.63. The highest BCUT2D eigenvalue weighted by Gasteiger charge is 2.53. The van der Waals surface area contributed by atoms with Crippen molar-refractivity contribution in [2.45, 2.75) is 49.2 Å². The van der Waals surface area contributed by atoms with Gasteiger partial charge in [0.05, 0.1) is 23.7 Å². The Bertz CT molecular complexity index is 1060. The molecular formula is C24H28FNO4S. The average molecular weight is 446 g/mol. The van der Waals surface area contributed by atoms with Crippen LogP contribution in [0.2, 0.25) is 0 Å². The fraction of sp³-hybridized carbons (Fsp3) is 0.500. The molecule has 2 saturated heterocycles. The van der Waals surface area contributed by atoms with E-state index in [-0.39, 0.29) is 18.0 Å². The van der Waals surface area contributed by atoms with Crippen molar-refractivity contribution in [2.24, 2.45) is 5.92 Å². The third-order valence-electron chi connectivity index (χ3n) is 6.81. The largest absolute Gasteiger partial charge is 0.377 e. The second-order valence-corrected chi connectivity index (χ2v) is 11.0. The van der Waals surface area contributed by atoms with Gasteiger partial charge in [-0.1, -0.05) is 24.3 Å². The number of ether oxygens (including phenoxy) is 2. The molecule has 0 radical (unpaired) electrons. The lowest BCUT2D eigenvalue weighted by molar-refractivity contribution is -0.0774. The molecular weight excluding hydrogens is 417 g/mol. The van der Waals surface area contributed by atoms with Gasteiger partial charge in [-0.25, -0.2) is 12.8 Å². The molecule has 2 heterocycles. The van der Waals surface area contributed by atoms with Gasteiger partial charge in [0.1, 0.15) is 5.82 Å². The molecule has 31 heavy (non-hydrogen) atoms. The Morgan fingerprint density at radius 3 is 2.77 bits per heavy atom. The molecule has 1 aliphatic carbocycles. The van der Waals surface area contributed by atoms with Crippen molar-refractivity contribution in [3.8, 4) is 0 Å². The molecule has 2 aliphatic heterocycles. The minimum absolute atomic E-state index is 0.246. The van der Waals surface area contributed by atoms with Gasteiger partial charge >= 0.3 is 0 Å². The van der Waals surface area contributed by atoms with E-state index in [0.29, 0.717) is 42.7 Å². The molecule has 1 unspecified atom stereocenters. The maximum atomic E-state index is 13.6. The normalized spacial score (nSPS) is 22.5. The second kappa shape index (κ2) is 8.28. The van der Waals surface area contributed by atoms with Crippen LogP contribution in [-0.4, -0.2) is 44.6 Å². The first kappa shape index (κ1) is 21.1. The van der Waals surface area contributed by atoms with Crippen LogP contribution in [0, 0.1) is 11.7 Å². The summed E-state index contributed by atoms with van der Waals surface area (Å²) in [6.45, 7) is 2.25. The summed E-state index contributed by atoms with van der Waals surface area (Å²) in [6.07, 6.45) is 4.78. The van der Waals surface area contributed by atoms with Crippen LogP contribution in [-0.2, 0) is 38.9 Å². The Morgan fingerprint density at radius 2 is 1.94 bits per heavy atom. The van der Waals surface area contributed by atoms with Crippen LogP contribution in [0.15, 0.2) is 47.4 Å². The number of halogens is 1. The van der Waals surface area contributed by atoms with Gasteiger partial charge in [0, 0.05) is 25.3 Å². The molecule has 2 fully saturated rings. The van der Waals surface area contributed by atoms with E-state index in [9.17, 15) is 12.8 Å². The predicted molar refractivity (Wildman–Crippen MR) is 115 cm³/mol. The molecule has 0 saturated carbocycles. The molecule has 0 bridgehead atoms. The summed E-state index contributed by atoms with van der Waals surface area (Å²) in [4.78, 5) is 0.402. The van der Waals surface area contributed by atoms with Crippen LogP contribution in [0.3, 0.4) is 0 Å². The number of nitrogens with zero attached hydrogens (tertiary/aromatic N) is 1. The summed E-state index contributed by atoms with van der Waals surface area (Å²) in [6, 6.07) is 12.2. The number of hydrogen-bond donors (Lipinski definition) is 0. The molecule has 2 aromatic rings. The third kappa shape index (κ3) is 4.16. The second-order valence-electron chi connectivity index (χ2n) is 9.05. The molecule has 0 amide bonds. The van der Waals surface area contributed by atoms with Crippen LogP contribution in [0.1, 0.15) is 36.0 Å². The van der Waals surface area contributed by atoms with E-state index in [1.54, 1.807) is 28.6 Å². The maximum absolute atomic E-state index is 13.6. The summed E-state index contributed by atoms with van der Waals surface area (Å²) in [7, 11) is -3.47. The zero-order valence-electron chi connectivity index (χ0n) is 17.6. The smallest absolute Gasteiger partial charge is 0.243 e. The lowest BCUT2D eigenvalue weighted by atomic mass is 9.88. The lowest BCUT2D eigenvalue weighted by Gasteiger charge is -2.46. The number of rotatable bonds is 7. The summed E-state index contributed by atoms with van der Waals surface area (Å²) in [5.74, 6) is 0.0928. The Labute approximate surface area is 183 Å². The van der Waals surface area contributed by atoms with E-state index in [1.807, 2.05) is 12.1 Å². The van der Waals surface area contributed by atoms with Crippen molar-refractivity contribution in [1.29, 1.82) is 0 Å². The van der Waals surface area contributed by atoms with Crippen molar-refractivity contribution in [3.05, 3.63) is 65.0 Å². The number of fused-ring (bicyclic) bond motifs is 1. The molecule has 1 spiro atoms. The molecule has 0 N–H and O–H groups in total. The van der Waals surface area contributed by atoms with Crippen molar-refractivity contribution >= 4 is 10.0 Å². The lowest BCUT2D eigenvalue weighted by Crippen LogP contribution is -2.63. The summed E-state index contributed by atoms with van der Waals surface area (Å²) < 4.78 is 52.9. The molecule has 2 aromatic carbocycles. The SMILES string of the molecule is O=S(=O)(c1ccc2c(c1)CCC2)N1CC2(CC(CCOCc3ccccc3F)CO2)C1. The highest BCUT2D eigenvalue weighted by molar-refractivity contribution is 7.89. The molecule has 0 aromatic heterocycles. The minimum Gasteiger partial charge on any atom is -0.377 e. The molecule has 166 valence electrons. The molecule has 5 nitrogen and oxygen atoms in total. The van der Waals surface area contributed by atoms with Crippen LogP contribution in [0.5, 0.6) is 0 Å². The van der Waals surface area contributed by atoms with Gasteiger partial charge in [0.15, 0.2) is 0 Å². The van der Waals surface area contributed by atoms with E-state index in [0.717, 1.165) is 32.1 Å². The Morgan fingerprint density at radius 1 is 1.13 bits per heavy atom. The monoisotopic (exact) mass is 445 g/mol. The number of benzene rings is 2. The average Bonchev–Trinajstić information content (AvgIpc) is 3.38. The number of hydrogen-bond acceptors (Lipinski definition) is 4. The van der Waals surface area contributed by atoms with Crippen LogP contribution < -0.4 is 0 Å². The fourth-order valence-electron chi connectivity index (χ4n) is 5.02. The minimum atomic E-state index is -3.47. The third-order valence-corrected chi connectivity index (χ3v) is 8.60. The maximum Gasteiger partial charge on any atom is 0.243 e. The molecule has 1 atom stereocenters. The summed E-state index contributed by atoms with van der Waals surface area (Å²) in [5, 5.41) is 0. The van der Waals surface area contributed by atoms with Crippen LogP contribution in [0.4, 0.5) is 4.39 Å². The van der Waals surface area contributed by atoms with E-state index >= 15 is 0 Å². The van der Waals surface area contributed by atoms with E-state index in [1.165, 1.54) is 17.2 Å². The first-order valence-corrected chi connectivity index (χ1v) is 12.5. The van der Waals surface area contributed by atoms with Crippen molar-refractivity contribution in [2.75, 3.05) is 26.3 Å². The van der Waals surface area contributed by atoms with Gasteiger partial charge in [-0.05, 0) is 67.3 Å². The van der Waals surface area contributed by atoms with E-state index < -0.39 is 10.0 Å². The fourth-order valence-corrected chi connectivity index (χ4v) is 6.66. The molecule has 3 aliphatic rings. The van der Waals surface area contributed by atoms with Gasteiger partial charge in [0.25, 0.3) is 0 Å². The Balaban J connectivity index is 1.11. The van der Waals surface area contributed by atoms with Crippen molar-refractivity contribution in [3.63, 3.8) is 0 Å². The highest BCUT2D eigenvalue weighted by atomic mass is 32.2. The zero-order valence-corrected chi connectivity index (χ0v) is 18.4. The van der Waals surface area contributed by atoms with Gasteiger partial charge in [-0.3, -0.25) is 0 Å². The predicted octanol–water partition coefficient (Wildman–Crippen LogP) is 3.70. The van der Waals surface area contributed by atoms with Gasteiger partial charge < -0.3 is 9.47 Å². The standard InChI is InChI=1S/C24H28FNO4S/c25-23-7-2-1-4-21(23)15-29-11-10-18-13-24(30-14-18)16-26(17-24)31(27,28)22-9-8-19-5-3-6-20(19)12-22/h1-2,4,7-9,12,18H,3,5-6,10-11,13-17H2.